The van der Waals surface area contributed by atoms with Gasteiger partial charge in [0.2, 0.25) is 0 Å². The second-order valence-electron chi connectivity index (χ2n) is 3.73. The molecule has 1 heterocycles. The summed E-state index contributed by atoms with van der Waals surface area (Å²) < 4.78 is 1.18. The molecule has 1 saturated heterocycles. The van der Waals surface area contributed by atoms with Crippen LogP contribution in [0.3, 0.4) is 0 Å². The predicted octanol–water partition coefficient (Wildman–Crippen LogP) is 3.76. The number of carbonyl (C=O) groups is 1. The molecule has 0 aromatic heterocycles. The molecule has 1 aromatic rings. The van der Waals surface area contributed by atoms with E-state index in [1.54, 1.807) is 0 Å². The van der Waals surface area contributed by atoms with Gasteiger partial charge in [0.1, 0.15) is 0 Å². The van der Waals surface area contributed by atoms with Crippen LogP contribution in [0.5, 0.6) is 0 Å². The maximum atomic E-state index is 12.1. The van der Waals surface area contributed by atoms with Gasteiger partial charge in [-0.3, -0.25) is 4.79 Å². The van der Waals surface area contributed by atoms with E-state index < -0.39 is 0 Å². The van der Waals surface area contributed by atoms with Gasteiger partial charge in [-0.2, -0.15) is 11.8 Å². The van der Waals surface area contributed by atoms with Crippen molar-refractivity contribution in [3.8, 4) is 0 Å². The quantitative estimate of drug-likeness (QED) is 0.606. The maximum absolute atomic E-state index is 12.1. The summed E-state index contributed by atoms with van der Waals surface area (Å²) in [4.78, 5) is 12.1. The first-order valence-corrected chi connectivity index (χ1v) is 7.31. The molecule has 3 heteroatoms. The van der Waals surface area contributed by atoms with E-state index >= 15 is 0 Å². The normalized spacial score (nSPS) is 21.3. The van der Waals surface area contributed by atoms with E-state index in [1.807, 2.05) is 36.0 Å². The Morgan fingerprint density at radius 3 is 2.60 bits per heavy atom. The highest BCUT2D eigenvalue weighted by atomic mass is 127. The smallest absolute Gasteiger partial charge is 0.175 e. The number of Topliss-reactive ketones (excluding diaryl/α,β-unsaturated/α-hetero) is 1. The number of thioether (sulfide) groups is 1. The van der Waals surface area contributed by atoms with Gasteiger partial charge in [0.15, 0.2) is 5.78 Å². The number of rotatable bonds is 2. The highest BCUT2D eigenvalue weighted by Crippen LogP contribution is 2.27. The minimum Gasteiger partial charge on any atom is -0.293 e. The predicted molar refractivity (Wildman–Crippen MR) is 73.6 cm³/mol. The molecule has 0 saturated carbocycles. The lowest BCUT2D eigenvalue weighted by atomic mass is 10.0. The molecule has 1 nitrogen and oxygen atoms in total. The monoisotopic (exact) mass is 332 g/mol. The molecule has 0 bridgehead atoms. The minimum absolute atomic E-state index is 0.207. The van der Waals surface area contributed by atoms with E-state index in [2.05, 4.69) is 22.6 Å². The summed E-state index contributed by atoms with van der Waals surface area (Å²) in [5.74, 6) is 1.46. The van der Waals surface area contributed by atoms with Crippen LogP contribution >= 0.6 is 34.4 Å². The van der Waals surface area contributed by atoms with Crippen molar-refractivity contribution >= 4 is 40.1 Å². The SMILES string of the molecule is O=C(c1ccc(I)cc1)C1CCCCS1. The van der Waals surface area contributed by atoms with Crippen molar-refractivity contribution < 1.29 is 4.79 Å². The molecular formula is C12H13IOS. The maximum Gasteiger partial charge on any atom is 0.175 e. The fourth-order valence-electron chi connectivity index (χ4n) is 1.75. The van der Waals surface area contributed by atoms with Crippen molar-refractivity contribution in [1.29, 1.82) is 0 Å². The summed E-state index contributed by atoms with van der Waals surface area (Å²) in [6.07, 6.45) is 3.52. The zero-order chi connectivity index (χ0) is 10.7. The summed E-state index contributed by atoms with van der Waals surface area (Å²) in [5.41, 5.74) is 0.870. The average Bonchev–Trinajstić information content (AvgIpc) is 2.30. The first-order valence-electron chi connectivity index (χ1n) is 5.19. The van der Waals surface area contributed by atoms with E-state index in [0.717, 1.165) is 17.7 Å². The summed E-state index contributed by atoms with van der Waals surface area (Å²) >= 11 is 4.08. The third-order valence-corrected chi connectivity index (χ3v) is 4.70. The Bertz CT molecular complexity index is 341. The topological polar surface area (TPSA) is 17.1 Å². The van der Waals surface area contributed by atoms with E-state index in [0.29, 0.717) is 5.78 Å². The van der Waals surface area contributed by atoms with E-state index in [4.69, 9.17) is 0 Å². The van der Waals surface area contributed by atoms with Gasteiger partial charge in [0, 0.05) is 9.13 Å². The fraction of sp³-hybridized carbons (Fsp3) is 0.417. The Morgan fingerprint density at radius 1 is 1.27 bits per heavy atom. The minimum atomic E-state index is 0.207. The van der Waals surface area contributed by atoms with Crippen LogP contribution in [0.15, 0.2) is 24.3 Å². The lowest BCUT2D eigenvalue weighted by Gasteiger charge is -2.19. The number of carbonyl (C=O) groups excluding carboxylic acids is 1. The molecule has 1 aromatic carbocycles. The lowest BCUT2D eigenvalue weighted by Crippen LogP contribution is -2.20. The van der Waals surface area contributed by atoms with Crippen LogP contribution in [-0.4, -0.2) is 16.8 Å². The standard InChI is InChI=1S/C12H13IOS/c13-10-6-4-9(5-7-10)12(14)11-3-1-2-8-15-11/h4-7,11H,1-3,8H2. The molecule has 1 aliphatic heterocycles. The van der Waals surface area contributed by atoms with Crippen molar-refractivity contribution in [2.75, 3.05) is 5.75 Å². The van der Waals surface area contributed by atoms with Crippen LogP contribution in [0.2, 0.25) is 0 Å². The van der Waals surface area contributed by atoms with E-state index in [-0.39, 0.29) is 5.25 Å². The Kier molecular flexibility index (Phi) is 4.08. The van der Waals surface area contributed by atoms with Crippen LogP contribution < -0.4 is 0 Å². The fourth-order valence-corrected chi connectivity index (χ4v) is 3.38. The van der Waals surface area contributed by atoms with Crippen LogP contribution in [0, 0.1) is 3.57 Å². The number of ketones is 1. The number of hydrogen-bond donors (Lipinski definition) is 0. The second kappa shape index (κ2) is 5.34. The molecule has 0 amide bonds. The molecule has 1 fully saturated rings. The molecular weight excluding hydrogens is 319 g/mol. The molecule has 2 rings (SSSR count). The van der Waals surface area contributed by atoms with E-state index in [9.17, 15) is 4.79 Å². The van der Waals surface area contributed by atoms with Crippen LogP contribution in [0.1, 0.15) is 29.6 Å². The molecule has 0 radical (unpaired) electrons. The largest absolute Gasteiger partial charge is 0.293 e. The van der Waals surface area contributed by atoms with Crippen molar-refractivity contribution in [1.82, 2.24) is 0 Å². The van der Waals surface area contributed by atoms with Gasteiger partial charge in [-0.1, -0.05) is 18.6 Å². The number of benzene rings is 1. The van der Waals surface area contributed by atoms with Crippen molar-refractivity contribution in [2.45, 2.75) is 24.5 Å². The summed E-state index contributed by atoms with van der Waals surface area (Å²) in [6, 6.07) is 7.89. The summed E-state index contributed by atoms with van der Waals surface area (Å²) in [7, 11) is 0. The molecule has 0 N–H and O–H groups in total. The molecule has 1 unspecified atom stereocenters. The van der Waals surface area contributed by atoms with Crippen molar-refractivity contribution in [3.63, 3.8) is 0 Å². The summed E-state index contributed by atoms with van der Waals surface area (Å²) in [5, 5.41) is 0.207. The Hall–Kier alpha value is -0.0300. The van der Waals surface area contributed by atoms with Gasteiger partial charge >= 0.3 is 0 Å². The lowest BCUT2D eigenvalue weighted by molar-refractivity contribution is 0.0985. The average molecular weight is 332 g/mol. The molecule has 1 atom stereocenters. The highest BCUT2D eigenvalue weighted by Gasteiger charge is 2.22. The molecule has 15 heavy (non-hydrogen) atoms. The van der Waals surface area contributed by atoms with Crippen LogP contribution in [-0.2, 0) is 0 Å². The van der Waals surface area contributed by atoms with Crippen molar-refractivity contribution in [3.05, 3.63) is 33.4 Å². The van der Waals surface area contributed by atoms with Gasteiger partial charge in [0.25, 0.3) is 0 Å². The zero-order valence-electron chi connectivity index (χ0n) is 8.41. The van der Waals surface area contributed by atoms with Crippen LogP contribution in [0.4, 0.5) is 0 Å². The Labute approximate surface area is 108 Å². The zero-order valence-corrected chi connectivity index (χ0v) is 11.4. The number of hydrogen-bond acceptors (Lipinski definition) is 2. The van der Waals surface area contributed by atoms with E-state index in [1.165, 1.54) is 16.4 Å². The molecule has 0 spiro atoms. The van der Waals surface area contributed by atoms with Crippen LogP contribution in [0.25, 0.3) is 0 Å². The highest BCUT2D eigenvalue weighted by molar-refractivity contribution is 14.1. The van der Waals surface area contributed by atoms with Gasteiger partial charge < -0.3 is 0 Å². The molecule has 80 valence electrons. The van der Waals surface area contributed by atoms with Gasteiger partial charge in [-0.05, 0) is 53.3 Å². The second-order valence-corrected chi connectivity index (χ2v) is 6.28. The Morgan fingerprint density at radius 2 is 2.00 bits per heavy atom. The summed E-state index contributed by atoms with van der Waals surface area (Å²) in [6.45, 7) is 0. The third kappa shape index (κ3) is 2.97. The van der Waals surface area contributed by atoms with Crippen molar-refractivity contribution in [2.24, 2.45) is 0 Å². The first-order chi connectivity index (χ1) is 7.27. The Balaban J connectivity index is 2.09. The first kappa shape index (κ1) is 11.5. The molecule has 1 aliphatic rings. The van der Waals surface area contributed by atoms with Gasteiger partial charge in [0.05, 0.1) is 5.25 Å². The van der Waals surface area contributed by atoms with Gasteiger partial charge in [-0.25, -0.2) is 0 Å². The number of halogens is 1. The van der Waals surface area contributed by atoms with Gasteiger partial charge in [-0.15, -0.1) is 0 Å². The third-order valence-electron chi connectivity index (χ3n) is 2.60. The molecule has 0 aliphatic carbocycles.